The van der Waals surface area contributed by atoms with E-state index in [1.165, 1.54) is 23.5 Å². The summed E-state index contributed by atoms with van der Waals surface area (Å²) in [5.74, 6) is -0.219. The Morgan fingerprint density at radius 2 is 2.15 bits per heavy atom. The van der Waals surface area contributed by atoms with E-state index in [2.05, 4.69) is 14.9 Å². The first-order valence-corrected chi connectivity index (χ1v) is 7.21. The largest absolute Gasteiger partial charge is 0.351 e. The van der Waals surface area contributed by atoms with Crippen LogP contribution in [-0.2, 0) is 6.42 Å². The summed E-state index contributed by atoms with van der Waals surface area (Å²) >= 11 is 1.51. The number of anilines is 1. The Hall–Kier alpha value is -2.01. The minimum absolute atomic E-state index is 0.219. The van der Waals surface area contributed by atoms with Crippen molar-refractivity contribution in [3.05, 3.63) is 54.1 Å². The number of hydrogen-bond acceptors (Lipinski definition) is 4. The molecule has 0 N–H and O–H groups in total. The number of halogens is 1. The quantitative estimate of drug-likeness (QED) is 0.735. The summed E-state index contributed by atoms with van der Waals surface area (Å²) < 4.78 is 14.1. The molecule has 0 spiro atoms. The summed E-state index contributed by atoms with van der Waals surface area (Å²) in [5.41, 5.74) is 1.91. The summed E-state index contributed by atoms with van der Waals surface area (Å²) in [4.78, 5) is 10.9. The molecule has 0 radical (unpaired) electrons. The predicted molar refractivity (Wildman–Crippen MR) is 80.8 cm³/mol. The Labute approximate surface area is 120 Å². The van der Waals surface area contributed by atoms with Crippen LogP contribution < -0.4 is 4.90 Å². The van der Waals surface area contributed by atoms with E-state index < -0.39 is 0 Å². The number of benzene rings is 1. The second-order valence-corrected chi connectivity index (χ2v) is 5.61. The molecule has 3 rings (SSSR count). The predicted octanol–water partition coefficient (Wildman–Crippen LogP) is 3.51. The summed E-state index contributed by atoms with van der Waals surface area (Å²) in [6, 6.07) is 10.6. The Morgan fingerprint density at radius 1 is 1.25 bits per heavy atom. The number of thiazole rings is 1. The zero-order valence-electron chi connectivity index (χ0n) is 11.1. The second kappa shape index (κ2) is 5.54. The molecule has 0 amide bonds. The number of fused-ring (bicyclic) bond motifs is 1. The van der Waals surface area contributed by atoms with Gasteiger partial charge in [-0.2, -0.15) is 0 Å². The van der Waals surface area contributed by atoms with Crippen LogP contribution in [0.4, 0.5) is 9.52 Å². The van der Waals surface area contributed by atoms with Crippen LogP contribution in [0.5, 0.6) is 0 Å². The van der Waals surface area contributed by atoms with Crippen LogP contribution in [0.25, 0.3) is 10.2 Å². The Kier molecular flexibility index (Phi) is 3.60. The molecule has 0 aliphatic carbocycles. The molecule has 2 aromatic heterocycles. The zero-order chi connectivity index (χ0) is 13.9. The van der Waals surface area contributed by atoms with Gasteiger partial charge in [-0.15, -0.1) is 0 Å². The molecule has 0 aliphatic heterocycles. The average molecular weight is 287 g/mol. The molecule has 20 heavy (non-hydrogen) atoms. The summed E-state index contributed by atoms with van der Waals surface area (Å²) in [6.07, 6.45) is 2.66. The Bertz CT molecular complexity index is 711. The first-order chi connectivity index (χ1) is 9.72. The lowest BCUT2D eigenvalue weighted by Crippen LogP contribution is -2.20. The van der Waals surface area contributed by atoms with E-state index in [1.807, 2.05) is 25.2 Å². The fourth-order valence-electron chi connectivity index (χ4n) is 1.97. The maximum Gasteiger partial charge on any atom is 0.186 e. The fourth-order valence-corrected chi connectivity index (χ4v) is 2.95. The molecular weight excluding hydrogens is 273 g/mol. The van der Waals surface area contributed by atoms with Crippen LogP contribution in [0.2, 0.25) is 0 Å². The van der Waals surface area contributed by atoms with Crippen LogP contribution in [0.1, 0.15) is 5.69 Å². The van der Waals surface area contributed by atoms with Gasteiger partial charge in [0.05, 0.1) is 10.2 Å². The van der Waals surface area contributed by atoms with Crippen molar-refractivity contribution >= 4 is 26.7 Å². The standard InChI is InChI=1S/C15H14FN3S/c1-19(9-7-12-4-2-3-8-17-12)15-18-13-6-5-11(16)10-14(13)20-15/h2-6,8,10H,7,9H2,1H3. The van der Waals surface area contributed by atoms with Crippen molar-refractivity contribution in [2.75, 3.05) is 18.5 Å². The summed E-state index contributed by atoms with van der Waals surface area (Å²) in [7, 11) is 2.00. The number of rotatable bonds is 4. The lowest BCUT2D eigenvalue weighted by Gasteiger charge is -2.14. The van der Waals surface area contributed by atoms with E-state index in [4.69, 9.17) is 0 Å². The van der Waals surface area contributed by atoms with E-state index in [1.54, 1.807) is 12.3 Å². The third-order valence-electron chi connectivity index (χ3n) is 3.10. The van der Waals surface area contributed by atoms with E-state index in [0.717, 1.165) is 34.0 Å². The molecule has 0 unspecified atom stereocenters. The van der Waals surface area contributed by atoms with Crippen LogP contribution >= 0.6 is 11.3 Å². The molecule has 102 valence electrons. The molecule has 3 nitrogen and oxygen atoms in total. The Balaban J connectivity index is 1.73. The van der Waals surface area contributed by atoms with Crippen LogP contribution in [0, 0.1) is 5.82 Å². The van der Waals surface area contributed by atoms with Crippen LogP contribution in [-0.4, -0.2) is 23.6 Å². The molecule has 0 bridgehead atoms. The van der Waals surface area contributed by atoms with Gasteiger partial charge >= 0.3 is 0 Å². The van der Waals surface area contributed by atoms with Crippen molar-refractivity contribution < 1.29 is 4.39 Å². The number of nitrogens with zero attached hydrogens (tertiary/aromatic N) is 3. The van der Waals surface area contributed by atoms with Gasteiger partial charge in [-0.25, -0.2) is 9.37 Å². The van der Waals surface area contributed by atoms with Gasteiger partial charge in [0.1, 0.15) is 5.82 Å². The SMILES string of the molecule is CN(CCc1ccccn1)c1nc2ccc(F)cc2s1. The van der Waals surface area contributed by atoms with Crippen molar-refractivity contribution in [2.24, 2.45) is 0 Å². The minimum Gasteiger partial charge on any atom is -0.351 e. The molecule has 0 saturated carbocycles. The Morgan fingerprint density at radius 3 is 2.95 bits per heavy atom. The molecule has 1 aromatic carbocycles. The van der Waals surface area contributed by atoms with Gasteiger partial charge < -0.3 is 4.90 Å². The van der Waals surface area contributed by atoms with Crippen molar-refractivity contribution in [1.29, 1.82) is 0 Å². The lowest BCUT2D eigenvalue weighted by atomic mass is 10.2. The first-order valence-electron chi connectivity index (χ1n) is 6.39. The van der Waals surface area contributed by atoms with E-state index >= 15 is 0 Å². The van der Waals surface area contributed by atoms with Crippen LogP contribution in [0.3, 0.4) is 0 Å². The topological polar surface area (TPSA) is 29.0 Å². The highest BCUT2D eigenvalue weighted by Crippen LogP contribution is 2.28. The molecule has 0 fully saturated rings. The summed E-state index contributed by atoms with van der Waals surface area (Å²) in [6.45, 7) is 0.833. The third kappa shape index (κ3) is 2.77. The maximum absolute atomic E-state index is 13.2. The van der Waals surface area contributed by atoms with Gasteiger partial charge in [-0.1, -0.05) is 17.4 Å². The molecule has 0 saturated heterocycles. The minimum atomic E-state index is -0.219. The fraction of sp³-hybridized carbons (Fsp3) is 0.200. The second-order valence-electron chi connectivity index (χ2n) is 4.60. The monoisotopic (exact) mass is 287 g/mol. The molecule has 0 atom stereocenters. The van der Waals surface area contributed by atoms with E-state index in [-0.39, 0.29) is 5.82 Å². The van der Waals surface area contributed by atoms with Gasteiger partial charge in [-0.3, -0.25) is 4.98 Å². The van der Waals surface area contributed by atoms with Crippen molar-refractivity contribution in [2.45, 2.75) is 6.42 Å². The third-order valence-corrected chi connectivity index (χ3v) is 4.23. The lowest BCUT2D eigenvalue weighted by molar-refractivity contribution is 0.630. The van der Waals surface area contributed by atoms with E-state index in [9.17, 15) is 4.39 Å². The van der Waals surface area contributed by atoms with Gasteiger partial charge in [0, 0.05) is 31.9 Å². The number of aromatic nitrogens is 2. The first kappa shape index (κ1) is 13.0. The highest BCUT2D eigenvalue weighted by Gasteiger charge is 2.09. The van der Waals surface area contributed by atoms with Crippen LogP contribution in [0.15, 0.2) is 42.6 Å². The zero-order valence-corrected chi connectivity index (χ0v) is 11.9. The highest BCUT2D eigenvalue weighted by atomic mass is 32.1. The highest BCUT2D eigenvalue weighted by molar-refractivity contribution is 7.22. The van der Waals surface area contributed by atoms with Gasteiger partial charge in [0.15, 0.2) is 5.13 Å². The number of pyridine rings is 1. The van der Waals surface area contributed by atoms with Gasteiger partial charge in [0.25, 0.3) is 0 Å². The summed E-state index contributed by atoms with van der Waals surface area (Å²) in [5, 5.41) is 0.904. The van der Waals surface area contributed by atoms with Crippen molar-refractivity contribution in [3.63, 3.8) is 0 Å². The van der Waals surface area contributed by atoms with E-state index in [0.29, 0.717) is 0 Å². The number of likely N-dealkylation sites (N-methyl/N-ethyl adjacent to an activating group) is 1. The maximum atomic E-state index is 13.2. The van der Waals surface area contributed by atoms with Crippen molar-refractivity contribution in [3.8, 4) is 0 Å². The van der Waals surface area contributed by atoms with Gasteiger partial charge in [-0.05, 0) is 30.3 Å². The average Bonchev–Trinajstić information content (AvgIpc) is 2.89. The smallest absolute Gasteiger partial charge is 0.186 e. The normalized spacial score (nSPS) is 10.9. The molecule has 3 aromatic rings. The molecule has 0 aliphatic rings. The molecule has 2 heterocycles. The number of hydrogen-bond donors (Lipinski definition) is 0. The molecule has 5 heteroatoms. The van der Waals surface area contributed by atoms with Gasteiger partial charge in [0.2, 0.25) is 0 Å². The van der Waals surface area contributed by atoms with Crippen molar-refractivity contribution in [1.82, 2.24) is 9.97 Å². The molecular formula is C15H14FN3S.